The van der Waals surface area contributed by atoms with Gasteiger partial charge in [0.15, 0.2) is 6.61 Å². The zero-order valence-corrected chi connectivity index (χ0v) is 16.7. The van der Waals surface area contributed by atoms with Crippen LogP contribution in [-0.4, -0.2) is 43.6 Å². The number of fused-ring (bicyclic) bond motifs is 1. The second-order valence-electron chi connectivity index (χ2n) is 6.07. The molecule has 26 heavy (non-hydrogen) atoms. The van der Waals surface area contributed by atoms with E-state index in [0.717, 1.165) is 50.1 Å². The van der Waals surface area contributed by atoms with Crippen molar-refractivity contribution in [3.05, 3.63) is 27.1 Å². The molecule has 1 amide bonds. The lowest BCUT2D eigenvalue weighted by molar-refractivity contribution is -0.134. The quantitative estimate of drug-likeness (QED) is 0.674. The fourth-order valence-electron chi connectivity index (χ4n) is 2.97. The number of likely N-dealkylation sites (tertiary alicyclic amines) is 1. The third-order valence-corrected chi connectivity index (χ3v) is 6.59. The van der Waals surface area contributed by atoms with Crippen molar-refractivity contribution >= 4 is 56.5 Å². The Bertz CT molecular complexity index is 828. The summed E-state index contributed by atoms with van der Waals surface area (Å²) in [5.74, 6) is -0.278. The zero-order chi connectivity index (χ0) is 18.7. The van der Waals surface area contributed by atoms with Crippen molar-refractivity contribution < 1.29 is 19.1 Å². The molecule has 3 rings (SSSR count). The van der Waals surface area contributed by atoms with Crippen molar-refractivity contribution in [3.63, 3.8) is 0 Å². The highest BCUT2D eigenvalue weighted by Gasteiger charge is 2.23. The molecule has 140 valence electrons. The van der Waals surface area contributed by atoms with E-state index in [1.165, 1.54) is 7.11 Å². The second-order valence-corrected chi connectivity index (χ2v) is 7.85. The molecule has 1 aliphatic rings. The maximum absolute atomic E-state index is 12.4. The summed E-state index contributed by atoms with van der Waals surface area (Å²) in [6.45, 7) is 1.16. The van der Waals surface area contributed by atoms with Crippen molar-refractivity contribution in [1.82, 2.24) is 4.90 Å². The highest BCUT2D eigenvalue weighted by Crippen LogP contribution is 2.43. The number of methoxy groups -OCH3 is 1. The number of rotatable bonds is 4. The summed E-state index contributed by atoms with van der Waals surface area (Å²) < 4.78 is 11.1. The lowest BCUT2D eigenvalue weighted by Gasteiger charge is -2.19. The molecular formula is C18H19Cl2NO4S. The first-order valence-corrected chi connectivity index (χ1v) is 9.99. The van der Waals surface area contributed by atoms with Crippen LogP contribution in [0.1, 0.15) is 35.4 Å². The number of halogens is 2. The lowest BCUT2D eigenvalue weighted by Crippen LogP contribution is -2.35. The molecule has 2 heterocycles. The molecular weight excluding hydrogens is 397 g/mol. The largest absolute Gasteiger partial charge is 0.495 e. The van der Waals surface area contributed by atoms with E-state index in [1.807, 2.05) is 0 Å². The summed E-state index contributed by atoms with van der Waals surface area (Å²) in [5.41, 5.74) is 0. The molecule has 0 unspecified atom stereocenters. The third kappa shape index (κ3) is 3.92. The van der Waals surface area contributed by atoms with Crippen LogP contribution in [0.2, 0.25) is 10.0 Å². The molecule has 0 radical (unpaired) electrons. The van der Waals surface area contributed by atoms with Gasteiger partial charge in [0.2, 0.25) is 0 Å². The summed E-state index contributed by atoms with van der Waals surface area (Å²) in [7, 11) is 1.52. The first-order valence-electron chi connectivity index (χ1n) is 8.42. The van der Waals surface area contributed by atoms with Crippen LogP contribution < -0.4 is 4.74 Å². The van der Waals surface area contributed by atoms with Crippen LogP contribution in [0.4, 0.5) is 0 Å². The molecule has 0 saturated carbocycles. The molecule has 2 aromatic rings. The Morgan fingerprint density at radius 3 is 2.46 bits per heavy atom. The minimum Gasteiger partial charge on any atom is -0.495 e. The molecule has 0 aliphatic carbocycles. The van der Waals surface area contributed by atoms with Crippen LogP contribution in [0.3, 0.4) is 0 Å². The van der Waals surface area contributed by atoms with Gasteiger partial charge >= 0.3 is 5.97 Å². The van der Waals surface area contributed by atoms with Crippen LogP contribution in [0.15, 0.2) is 12.1 Å². The first-order chi connectivity index (χ1) is 12.5. The van der Waals surface area contributed by atoms with Gasteiger partial charge in [-0.25, -0.2) is 4.79 Å². The zero-order valence-electron chi connectivity index (χ0n) is 14.3. The molecule has 0 bridgehead atoms. The number of thiophene rings is 1. The Kier molecular flexibility index (Phi) is 6.27. The van der Waals surface area contributed by atoms with Crippen LogP contribution >= 0.6 is 34.5 Å². The van der Waals surface area contributed by atoms with Gasteiger partial charge < -0.3 is 14.4 Å². The normalized spacial score (nSPS) is 15.0. The Hall–Kier alpha value is -1.50. The van der Waals surface area contributed by atoms with Crippen LogP contribution in [0.5, 0.6) is 5.75 Å². The van der Waals surface area contributed by atoms with E-state index in [0.29, 0.717) is 20.9 Å². The third-order valence-electron chi connectivity index (χ3n) is 4.39. The predicted octanol–water partition coefficient (Wildman–Crippen LogP) is 4.78. The van der Waals surface area contributed by atoms with Gasteiger partial charge in [0.05, 0.1) is 16.8 Å². The first kappa shape index (κ1) is 19.3. The standard InChI is InChI=1S/C18H19Cl2NO4S/c1-24-12-7-6-11-14(19)17(26-16(11)15(12)20)18(23)25-10-13(22)21-8-4-2-3-5-9-21/h6-7H,2-5,8-10H2,1H3. The number of carbonyl (C=O) groups excluding carboxylic acids is 2. The van der Waals surface area contributed by atoms with E-state index >= 15 is 0 Å². The van der Waals surface area contributed by atoms with Gasteiger partial charge in [0, 0.05) is 18.5 Å². The minimum atomic E-state index is -0.616. The fraction of sp³-hybridized carbons (Fsp3) is 0.444. The fourth-order valence-corrected chi connectivity index (χ4v) is 4.75. The Morgan fingerprint density at radius 2 is 1.81 bits per heavy atom. The molecule has 1 aromatic heterocycles. The molecule has 8 heteroatoms. The second kappa shape index (κ2) is 8.46. The molecule has 0 atom stereocenters. The lowest BCUT2D eigenvalue weighted by atomic mass is 10.2. The maximum Gasteiger partial charge on any atom is 0.350 e. The molecule has 1 saturated heterocycles. The highest BCUT2D eigenvalue weighted by molar-refractivity contribution is 7.22. The van der Waals surface area contributed by atoms with Crippen molar-refractivity contribution in [2.45, 2.75) is 25.7 Å². The number of hydrogen-bond acceptors (Lipinski definition) is 5. The summed E-state index contributed by atoms with van der Waals surface area (Å²) in [5, 5.41) is 1.34. The molecule has 0 N–H and O–H groups in total. The topological polar surface area (TPSA) is 55.8 Å². The van der Waals surface area contributed by atoms with Gasteiger partial charge in [0.25, 0.3) is 5.91 Å². The summed E-state index contributed by atoms with van der Waals surface area (Å²) >= 11 is 13.7. The van der Waals surface area contributed by atoms with Crippen LogP contribution in [0.25, 0.3) is 10.1 Å². The molecule has 1 aliphatic heterocycles. The van der Waals surface area contributed by atoms with E-state index in [4.69, 9.17) is 32.7 Å². The van der Waals surface area contributed by atoms with Crippen molar-refractivity contribution in [1.29, 1.82) is 0 Å². The average Bonchev–Trinajstić information content (AvgIpc) is 2.82. The van der Waals surface area contributed by atoms with Crippen LogP contribution in [0, 0.1) is 0 Å². The summed E-state index contributed by atoms with van der Waals surface area (Å²) in [6.07, 6.45) is 4.24. The van der Waals surface area contributed by atoms with Gasteiger partial charge in [-0.15, -0.1) is 11.3 Å². The van der Waals surface area contributed by atoms with Crippen molar-refractivity contribution in [2.75, 3.05) is 26.8 Å². The van der Waals surface area contributed by atoms with E-state index in [-0.39, 0.29) is 22.4 Å². The van der Waals surface area contributed by atoms with Gasteiger partial charge in [-0.05, 0) is 25.0 Å². The number of amides is 1. The van der Waals surface area contributed by atoms with E-state index in [9.17, 15) is 9.59 Å². The monoisotopic (exact) mass is 415 g/mol. The number of ether oxygens (including phenoxy) is 2. The summed E-state index contributed by atoms with van der Waals surface area (Å²) in [4.78, 5) is 26.7. The molecule has 1 fully saturated rings. The van der Waals surface area contributed by atoms with Gasteiger partial charge in [-0.3, -0.25) is 4.79 Å². The van der Waals surface area contributed by atoms with Gasteiger partial charge in [-0.1, -0.05) is 36.0 Å². The number of hydrogen-bond donors (Lipinski definition) is 0. The Labute approximate surface area is 165 Å². The maximum atomic E-state index is 12.4. The summed E-state index contributed by atoms with van der Waals surface area (Å²) in [6, 6.07) is 3.44. The van der Waals surface area contributed by atoms with Crippen LogP contribution in [-0.2, 0) is 9.53 Å². The number of nitrogens with zero attached hydrogens (tertiary/aromatic N) is 1. The minimum absolute atomic E-state index is 0.169. The number of esters is 1. The van der Waals surface area contributed by atoms with Crippen molar-refractivity contribution in [3.8, 4) is 5.75 Å². The van der Waals surface area contributed by atoms with Gasteiger partial charge in [-0.2, -0.15) is 0 Å². The average molecular weight is 416 g/mol. The smallest absolute Gasteiger partial charge is 0.350 e. The molecule has 5 nitrogen and oxygen atoms in total. The SMILES string of the molecule is COc1ccc2c(Cl)c(C(=O)OCC(=O)N3CCCCCC3)sc2c1Cl. The molecule has 1 aromatic carbocycles. The Balaban J connectivity index is 1.72. The number of benzene rings is 1. The van der Waals surface area contributed by atoms with E-state index < -0.39 is 5.97 Å². The van der Waals surface area contributed by atoms with Gasteiger partial charge in [0.1, 0.15) is 15.6 Å². The van der Waals surface area contributed by atoms with E-state index in [2.05, 4.69) is 0 Å². The molecule has 0 spiro atoms. The van der Waals surface area contributed by atoms with Crippen molar-refractivity contribution in [2.24, 2.45) is 0 Å². The Morgan fingerprint density at radius 1 is 1.12 bits per heavy atom. The predicted molar refractivity (Wildman–Crippen MR) is 104 cm³/mol. The highest BCUT2D eigenvalue weighted by atomic mass is 35.5. The van der Waals surface area contributed by atoms with E-state index in [1.54, 1.807) is 17.0 Å². The number of carbonyl (C=O) groups is 2.